The number of piperidine rings is 2. The van der Waals surface area contributed by atoms with Gasteiger partial charge < -0.3 is 26.2 Å². The van der Waals surface area contributed by atoms with Crippen LogP contribution < -0.4 is 21.3 Å². The van der Waals surface area contributed by atoms with Crippen molar-refractivity contribution in [1.82, 2.24) is 20.2 Å². The summed E-state index contributed by atoms with van der Waals surface area (Å²) in [6, 6.07) is 16.1. The Morgan fingerprint density at radius 1 is 0.976 bits per heavy atom. The van der Waals surface area contributed by atoms with E-state index in [4.69, 9.17) is 22.3 Å². The topological polar surface area (TPSA) is 116 Å². The highest BCUT2D eigenvalue weighted by Crippen LogP contribution is 2.35. The molecule has 1 aromatic heterocycles. The average molecular weight is 574 g/mol. The average Bonchev–Trinajstić information content (AvgIpc) is 3.84. The lowest BCUT2D eigenvalue weighted by molar-refractivity contribution is 0.0932. The van der Waals surface area contributed by atoms with Gasteiger partial charge in [0.1, 0.15) is 5.82 Å². The summed E-state index contributed by atoms with van der Waals surface area (Å²) in [6.45, 7) is 3.70. The summed E-state index contributed by atoms with van der Waals surface area (Å²) in [4.78, 5) is 38.8. The maximum absolute atomic E-state index is 12.8. The van der Waals surface area contributed by atoms with Gasteiger partial charge in [-0.15, -0.1) is 0 Å². The number of benzene rings is 2. The van der Waals surface area contributed by atoms with Crippen LogP contribution in [0.15, 0.2) is 54.7 Å². The fourth-order valence-electron chi connectivity index (χ4n) is 6.01. The molecule has 1 aliphatic carbocycles. The van der Waals surface area contributed by atoms with Gasteiger partial charge in [0.25, 0.3) is 11.8 Å². The fourth-order valence-corrected chi connectivity index (χ4v) is 6.20. The maximum atomic E-state index is 12.8. The van der Waals surface area contributed by atoms with Gasteiger partial charge in [-0.25, -0.2) is 9.97 Å². The van der Waals surface area contributed by atoms with Crippen LogP contribution in [0.2, 0.25) is 5.02 Å². The van der Waals surface area contributed by atoms with E-state index in [0.29, 0.717) is 34.7 Å². The monoisotopic (exact) mass is 573 g/mol. The van der Waals surface area contributed by atoms with E-state index in [1.807, 2.05) is 12.1 Å². The summed E-state index contributed by atoms with van der Waals surface area (Å²) < 4.78 is 0. The van der Waals surface area contributed by atoms with E-state index in [1.54, 1.807) is 30.5 Å². The molecule has 41 heavy (non-hydrogen) atoms. The molecule has 10 heteroatoms. The van der Waals surface area contributed by atoms with Crippen molar-refractivity contribution in [2.24, 2.45) is 5.73 Å². The summed E-state index contributed by atoms with van der Waals surface area (Å²) in [5.74, 6) is 0.725. The van der Waals surface area contributed by atoms with Gasteiger partial charge in [0.05, 0.1) is 6.20 Å². The van der Waals surface area contributed by atoms with E-state index >= 15 is 0 Å². The zero-order valence-electron chi connectivity index (χ0n) is 23.1. The quantitative estimate of drug-likeness (QED) is 0.357. The molecule has 3 aromatic rings. The number of halogens is 1. The van der Waals surface area contributed by atoms with Crippen LogP contribution in [0.25, 0.3) is 0 Å². The Labute approximate surface area is 245 Å². The molecule has 2 aromatic carbocycles. The molecule has 0 bridgehead atoms. The number of carbonyl (C=O) groups is 2. The number of hydrogen-bond acceptors (Lipinski definition) is 7. The molecule has 2 saturated heterocycles. The number of amides is 2. The number of nitrogens with two attached hydrogens (primary N) is 1. The molecule has 0 unspecified atom stereocenters. The van der Waals surface area contributed by atoms with Crippen LogP contribution in [0.5, 0.6) is 0 Å². The molecule has 214 valence electrons. The number of aromatic nitrogens is 2. The second kappa shape index (κ2) is 12.0. The Morgan fingerprint density at radius 3 is 2.46 bits per heavy atom. The highest BCUT2D eigenvalue weighted by molar-refractivity contribution is 6.30. The molecule has 9 nitrogen and oxygen atoms in total. The molecule has 3 aliphatic rings. The van der Waals surface area contributed by atoms with Crippen LogP contribution in [-0.2, 0) is 0 Å². The summed E-state index contributed by atoms with van der Waals surface area (Å²) in [6.07, 6.45) is 8.42. The van der Waals surface area contributed by atoms with Crippen molar-refractivity contribution in [3.63, 3.8) is 0 Å². The van der Waals surface area contributed by atoms with Crippen molar-refractivity contribution in [2.45, 2.75) is 56.5 Å². The second-order valence-corrected chi connectivity index (χ2v) is 11.8. The van der Waals surface area contributed by atoms with Gasteiger partial charge in [-0.3, -0.25) is 9.59 Å². The lowest BCUT2D eigenvalue weighted by Gasteiger charge is -2.34. The Morgan fingerprint density at radius 2 is 1.76 bits per heavy atom. The smallest absolute Gasteiger partial charge is 0.271 e. The van der Waals surface area contributed by atoms with Crippen LogP contribution in [-0.4, -0.2) is 64.9 Å². The van der Waals surface area contributed by atoms with Crippen LogP contribution in [0.3, 0.4) is 0 Å². The maximum Gasteiger partial charge on any atom is 0.271 e. The van der Waals surface area contributed by atoms with Crippen LogP contribution in [0.1, 0.15) is 70.9 Å². The number of likely N-dealkylation sites (tertiary alicyclic amines) is 1. The lowest BCUT2D eigenvalue weighted by atomic mass is 9.89. The molecule has 0 radical (unpaired) electrons. The van der Waals surface area contributed by atoms with Crippen molar-refractivity contribution in [1.29, 1.82) is 0 Å². The van der Waals surface area contributed by atoms with E-state index in [-0.39, 0.29) is 17.6 Å². The largest absolute Gasteiger partial charge is 0.364 e. The van der Waals surface area contributed by atoms with Crippen molar-refractivity contribution in [2.75, 3.05) is 36.4 Å². The molecule has 1 saturated carbocycles. The van der Waals surface area contributed by atoms with E-state index in [1.165, 1.54) is 44.3 Å². The minimum absolute atomic E-state index is 0.0621. The third-order valence-corrected chi connectivity index (χ3v) is 8.63. The fraction of sp³-hybridized carbons (Fsp3) is 0.419. The molecule has 3 fully saturated rings. The molecule has 2 aliphatic heterocycles. The van der Waals surface area contributed by atoms with Gasteiger partial charge in [0.15, 0.2) is 11.5 Å². The van der Waals surface area contributed by atoms with Gasteiger partial charge in [0.2, 0.25) is 0 Å². The van der Waals surface area contributed by atoms with Gasteiger partial charge in [-0.2, -0.15) is 0 Å². The third kappa shape index (κ3) is 6.63. The molecule has 1 atom stereocenters. The SMILES string of the molecule is NC(=O)c1ncc(N2CCC[C@@H](NC(=O)c3cccc(Cl)c3)C2)nc1Nc1ccc(C2CCN(C3CC3)CC2)cc1. The van der Waals surface area contributed by atoms with Crippen molar-refractivity contribution in [3.8, 4) is 0 Å². The Bertz CT molecular complexity index is 1400. The molecule has 6 rings (SSSR count). The van der Waals surface area contributed by atoms with Crippen LogP contribution >= 0.6 is 11.6 Å². The minimum Gasteiger partial charge on any atom is -0.364 e. The van der Waals surface area contributed by atoms with Crippen molar-refractivity contribution < 1.29 is 9.59 Å². The molecule has 0 spiro atoms. The van der Waals surface area contributed by atoms with E-state index in [0.717, 1.165) is 31.1 Å². The number of primary amides is 1. The van der Waals surface area contributed by atoms with Gasteiger partial charge >= 0.3 is 0 Å². The first-order chi connectivity index (χ1) is 19.9. The number of carbonyl (C=O) groups excluding carboxylic acids is 2. The van der Waals surface area contributed by atoms with E-state index in [2.05, 4.69) is 37.6 Å². The zero-order valence-corrected chi connectivity index (χ0v) is 23.8. The first kappa shape index (κ1) is 27.5. The van der Waals surface area contributed by atoms with Gasteiger partial charge in [0, 0.05) is 41.4 Å². The number of nitrogens with zero attached hydrogens (tertiary/aromatic N) is 4. The number of nitrogens with one attached hydrogen (secondary N) is 2. The van der Waals surface area contributed by atoms with Gasteiger partial charge in [-0.05, 0) is 93.4 Å². The molecular formula is C31H36ClN7O2. The van der Waals surface area contributed by atoms with Crippen LogP contribution in [0.4, 0.5) is 17.3 Å². The first-order valence-corrected chi connectivity index (χ1v) is 14.9. The zero-order chi connectivity index (χ0) is 28.3. The highest BCUT2D eigenvalue weighted by Gasteiger charge is 2.32. The second-order valence-electron chi connectivity index (χ2n) is 11.3. The molecule has 3 heterocycles. The molecule has 4 N–H and O–H groups in total. The third-order valence-electron chi connectivity index (χ3n) is 8.40. The van der Waals surface area contributed by atoms with E-state index < -0.39 is 5.91 Å². The lowest BCUT2D eigenvalue weighted by Crippen LogP contribution is -2.48. The predicted octanol–water partition coefficient (Wildman–Crippen LogP) is 4.71. The normalized spacial score (nSPS) is 20.0. The summed E-state index contributed by atoms with van der Waals surface area (Å²) in [5.41, 5.74) is 8.43. The Hall–Kier alpha value is -3.69. The summed E-state index contributed by atoms with van der Waals surface area (Å²) in [5, 5.41) is 6.91. The minimum atomic E-state index is -0.643. The first-order valence-electron chi connectivity index (χ1n) is 14.5. The van der Waals surface area contributed by atoms with Crippen LogP contribution in [0, 0.1) is 0 Å². The van der Waals surface area contributed by atoms with Crippen molar-refractivity contribution >= 4 is 40.7 Å². The highest BCUT2D eigenvalue weighted by atomic mass is 35.5. The standard InChI is InChI=1S/C31H36ClN7O2/c32-23-4-1-3-22(17-23)31(41)36-25-5-2-14-39(19-25)27-18-34-28(29(33)40)30(37-27)35-24-8-6-20(7-9-24)21-12-15-38(16-13-21)26-10-11-26/h1,3-4,6-9,17-18,21,25-26H,2,5,10-16,19H2,(H2,33,40)(H,35,37)(H,36,41)/t25-/m1/s1. The Kier molecular flexibility index (Phi) is 8.07. The molecule has 2 amide bonds. The molecular weight excluding hydrogens is 538 g/mol. The Balaban J connectivity index is 1.12. The summed E-state index contributed by atoms with van der Waals surface area (Å²) in [7, 11) is 0. The van der Waals surface area contributed by atoms with E-state index in [9.17, 15) is 9.59 Å². The number of rotatable bonds is 8. The number of anilines is 3. The van der Waals surface area contributed by atoms with Crippen molar-refractivity contribution in [3.05, 3.63) is 76.6 Å². The van der Waals surface area contributed by atoms with Gasteiger partial charge in [-0.1, -0.05) is 29.8 Å². The predicted molar refractivity (Wildman–Crippen MR) is 161 cm³/mol. The summed E-state index contributed by atoms with van der Waals surface area (Å²) >= 11 is 6.06. The number of hydrogen-bond donors (Lipinski definition) is 3.